The van der Waals surface area contributed by atoms with Crippen molar-refractivity contribution in [1.29, 1.82) is 0 Å². The van der Waals surface area contributed by atoms with Gasteiger partial charge in [0.2, 0.25) is 0 Å². The molecule has 0 spiro atoms. The molecule has 0 radical (unpaired) electrons. The molecule has 0 aromatic carbocycles. The van der Waals surface area contributed by atoms with Crippen molar-refractivity contribution >= 4 is 0 Å². The highest BCUT2D eigenvalue weighted by molar-refractivity contribution is 5.23. The van der Waals surface area contributed by atoms with Gasteiger partial charge >= 0.3 is 0 Å². The minimum absolute atomic E-state index is 0.692. The summed E-state index contributed by atoms with van der Waals surface area (Å²) in [7, 11) is 0. The molecule has 1 saturated heterocycles. The predicted octanol–water partition coefficient (Wildman–Crippen LogP) is 1.84. The van der Waals surface area contributed by atoms with Crippen LogP contribution in [0.2, 0.25) is 0 Å². The molecule has 1 aliphatic heterocycles. The highest BCUT2D eigenvalue weighted by atomic mass is 15.2. The van der Waals surface area contributed by atoms with E-state index in [2.05, 4.69) is 28.7 Å². The van der Waals surface area contributed by atoms with Gasteiger partial charge in [0.25, 0.3) is 0 Å². The molecule has 2 atom stereocenters. The lowest BCUT2D eigenvalue weighted by atomic mass is 10.2. The Bertz CT molecular complexity index is 390. The van der Waals surface area contributed by atoms with Crippen LogP contribution in [0, 0.1) is 18.8 Å². The van der Waals surface area contributed by atoms with Crippen molar-refractivity contribution in [3.8, 4) is 0 Å². The molecule has 3 nitrogen and oxygen atoms in total. The van der Waals surface area contributed by atoms with Crippen LogP contribution < -0.4 is 0 Å². The van der Waals surface area contributed by atoms with Gasteiger partial charge in [-0.05, 0) is 32.6 Å². The third-order valence-electron chi connectivity index (χ3n) is 4.07. The van der Waals surface area contributed by atoms with Crippen LogP contribution in [0.1, 0.15) is 31.2 Å². The minimum atomic E-state index is 0.692. The maximum atomic E-state index is 4.61. The molecule has 1 aliphatic carbocycles. The highest BCUT2D eigenvalue weighted by Crippen LogP contribution is 2.57. The lowest BCUT2D eigenvalue weighted by Crippen LogP contribution is -2.31. The monoisotopic (exact) mass is 217 g/mol. The Balaban J connectivity index is 1.71. The van der Waals surface area contributed by atoms with E-state index in [0.717, 1.165) is 17.5 Å². The molecule has 0 bridgehead atoms. The van der Waals surface area contributed by atoms with E-state index in [1.807, 2.05) is 19.3 Å². The minimum Gasteiger partial charge on any atom is -0.300 e. The summed E-state index contributed by atoms with van der Waals surface area (Å²) in [5.41, 5.74) is 2.27. The SMILES string of the molecule is Cc1cncc(C2C3CN(C(C)C)CC32)n1. The molecule has 0 amide bonds. The van der Waals surface area contributed by atoms with Crippen LogP contribution in [0.3, 0.4) is 0 Å². The second-order valence-corrected chi connectivity index (χ2v) is 5.49. The number of fused-ring (bicyclic) bond motifs is 1. The van der Waals surface area contributed by atoms with E-state index < -0.39 is 0 Å². The van der Waals surface area contributed by atoms with Gasteiger partial charge in [-0.1, -0.05) is 0 Å². The van der Waals surface area contributed by atoms with E-state index in [1.165, 1.54) is 18.8 Å². The number of piperidine rings is 1. The quantitative estimate of drug-likeness (QED) is 0.757. The smallest absolute Gasteiger partial charge is 0.0627 e. The maximum absolute atomic E-state index is 4.61. The molecule has 3 heteroatoms. The number of likely N-dealkylation sites (tertiary alicyclic amines) is 1. The van der Waals surface area contributed by atoms with Gasteiger partial charge in [-0.25, -0.2) is 0 Å². The van der Waals surface area contributed by atoms with Gasteiger partial charge < -0.3 is 4.90 Å². The molecular formula is C13H19N3. The fraction of sp³-hybridized carbons (Fsp3) is 0.692. The van der Waals surface area contributed by atoms with Crippen LogP contribution >= 0.6 is 0 Å². The molecule has 1 saturated carbocycles. The van der Waals surface area contributed by atoms with Crippen LogP contribution in [0.5, 0.6) is 0 Å². The van der Waals surface area contributed by atoms with Gasteiger partial charge in [0.15, 0.2) is 0 Å². The average molecular weight is 217 g/mol. The van der Waals surface area contributed by atoms with E-state index in [0.29, 0.717) is 12.0 Å². The van der Waals surface area contributed by atoms with E-state index in [1.54, 1.807) is 0 Å². The Kier molecular flexibility index (Phi) is 2.25. The predicted molar refractivity (Wildman–Crippen MR) is 63.2 cm³/mol. The summed E-state index contributed by atoms with van der Waals surface area (Å²) in [5.74, 6) is 2.39. The first-order chi connectivity index (χ1) is 7.66. The summed E-state index contributed by atoms with van der Waals surface area (Å²) in [6.07, 6.45) is 3.79. The van der Waals surface area contributed by atoms with Gasteiger partial charge in [0.05, 0.1) is 11.4 Å². The largest absolute Gasteiger partial charge is 0.300 e. The molecule has 2 fully saturated rings. The number of hydrogen-bond donors (Lipinski definition) is 0. The molecule has 0 N–H and O–H groups in total. The van der Waals surface area contributed by atoms with Crippen LogP contribution in [0.15, 0.2) is 12.4 Å². The zero-order chi connectivity index (χ0) is 11.3. The molecule has 86 valence electrons. The van der Waals surface area contributed by atoms with Crippen LogP contribution in [-0.2, 0) is 0 Å². The number of aryl methyl sites for hydroxylation is 1. The third kappa shape index (κ3) is 1.54. The molecule has 2 unspecified atom stereocenters. The zero-order valence-electron chi connectivity index (χ0n) is 10.2. The fourth-order valence-electron chi connectivity index (χ4n) is 3.06. The first kappa shape index (κ1) is 10.2. The second-order valence-electron chi connectivity index (χ2n) is 5.49. The first-order valence-electron chi connectivity index (χ1n) is 6.19. The fourth-order valence-corrected chi connectivity index (χ4v) is 3.06. The molecule has 2 heterocycles. The van der Waals surface area contributed by atoms with Gasteiger partial charge in [-0.3, -0.25) is 9.97 Å². The van der Waals surface area contributed by atoms with E-state index >= 15 is 0 Å². The molecule has 16 heavy (non-hydrogen) atoms. The lowest BCUT2D eigenvalue weighted by Gasteiger charge is -2.23. The van der Waals surface area contributed by atoms with E-state index in [9.17, 15) is 0 Å². The summed E-state index contributed by atoms with van der Waals surface area (Å²) in [5, 5.41) is 0. The topological polar surface area (TPSA) is 29.0 Å². The van der Waals surface area contributed by atoms with Crippen LogP contribution in [0.4, 0.5) is 0 Å². The van der Waals surface area contributed by atoms with Gasteiger partial charge in [0.1, 0.15) is 0 Å². The van der Waals surface area contributed by atoms with Crippen molar-refractivity contribution in [2.75, 3.05) is 13.1 Å². The van der Waals surface area contributed by atoms with Gasteiger partial charge in [-0.15, -0.1) is 0 Å². The molecule has 3 rings (SSSR count). The van der Waals surface area contributed by atoms with Gasteiger partial charge in [-0.2, -0.15) is 0 Å². The zero-order valence-corrected chi connectivity index (χ0v) is 10.2. The maximum Gasteiger partial charge on any atom is 0.0627 e. The van der Waals surface area contributed by atoms with Gasteiger partial charge in [0, 0.05) is 37.4 Å². The van der Waals surface area contributed by atoms with Crippen molar-refractivity contribution in [3.05, 3.63) is 23.8 Å². The average Bonchev–Trinajstić information content (AvgIpc) is 2.73. The van der Waals surface area contributed by atoms with Crippen molar-refractivity contribution in [2.45, 2.75) is 32.7 Å². The molecule has 2 aliphatic rings. The summed E-state index contributed by atoms with van der Waals surface area (Å²) in [4.78, 5) is 11.4. The van der Waals surface area contributed by atoms with Crippen molar-refractivity contribution < 1.29 is 0 Å². The van der Waals surface area contributed by atoms with Crippen LogP contribution in [-0.4, -0.2) is 34.0 Å². The lowest BCUT2D eigenvalue weighted by molar-refractivity contribution is 0.242. The summed E-state index contributed by atoms with van der Waals surface area (Å²) in [6, 6.07) is 0.692. The Morgan fingerprint density at radius 1 is 1.25 bits per heavy atom. The number of hydrogen-bond acceptors (Lipinski definition) is 3. The summed E-state index contributed by atoms with van der Waals surface area (Å²) >= 11 is 0. The highest BCUT2D eigenvalue weighted by Gasteiger charge is 2.57. The number of rotatable bonds is 2. The van der Waals surface area contributed by atoms with Crippen LogP contribution in [0.25, 0.3) is 0 Å². The van der Waals surface area contributed by atoms with E-state index in [-0.39, 0.29) is 0 Å². The summed E-state index contributed by atoms with van der Waals surface area (Å²) < 4.78 is 0. The number of aromatic nitrogens is 2. The second kappa shape index (κ2) is 3.52. The van der Waals surface area contributed by atoms with E-state index in [4.69, 9.17) is 0 Å². The Hall–Kier alpha value is -0.960. The third-order valence-corrected chi connectivity index (χ3v) is 4.07. The Morgan fingerprint density at radius 2 is 1.94 bits per heavy atom. The molecule has 1 aromatic heterocycles. The standard InChI is InChI=1S/C13H19N3/c1-8(2)16-6-10-11(7-16)13(10)12-5-14-4-9(3)15-12/h4-5,8,10-11,13H,6-7H2,1-3H3. The molecule has 1 aromatic rings. The molecular weight excluding hydrogens is 198 g/mol. The van der Waals surface area contributed by atoms with Crippen molar-refractivity contribution in [3.63, 3.8) is 0 Å². The normalized spacial score (nSPS) is 33.1. The Morgan fingerprint density at radius 3 is 2.50 bits per heavy atom. The van der Waals surface area contributed by atoms with Crippen molar-refractivity contribution in [1.82, 2.24) is 14.9 Å². The summed E-state index contributed by atoms with van der Waals surface area (Å²) in [6.45, 7) is 9.10. The van der Waals surface area contributed by atoms with Crippen molar-refractivity contribution in [2.24, 2.45) is 11.8 Å². The Labute approximate surface area is 96.9 Å². The number of nitrogens with zero attached hydrogens (tertiary/aromatic N) is 3. The first-order valence-corrected chi connectivity index (χ1v) is 6.19.